The lowest BCUT2D eigenvalue weighted by atomic mass is 9.55. The molecule has 2 nitrogen and oxygen atoms in total. The Labute approximate surface area is 91.2 Å². The van der Waals surface area contributed by atoms with Crippen molar-refractivity contribution >= 4 is 11.8 Å². The highest BCUT2D eigenvalue weighted by molar-refractivity contribution is 8.00. The van der Waals surface area contributed by atoms with Crippen molar-refractivity contribution in [2.75, 3.05) is 18.6 Å². The van der Waals surface area contributed by atoms with Crippen LogP contribution in [-0.4, -0.2) is 36.3 Å². The van der Waals surface area contributed by atoms with E-state index in [0.717, 1.165) is 12.5 Å². The zero-order valence-electron chi connectivity index (χ0n) is 9.59. The minimum Gasteiger partial charge on any atom is -0.378 e. The highest BCUT2D eigenvalue weighted by atomic mass is 32.2. The van der Waals surface area contributed by atoms with Crippen LogP contribution in [0.5, 0.6) is 0 Å². The molecule has 1 saturated carbocycles. The zero-order valence-corrected chi connectivity index (χ0v) is 10.4. The van der Waals surface area contributed by atoms with Crippen LogP contribution in [0.3, 0.4) is 0 Å². The summed E-state index contributed by atoms with van der Waals surface area (Å²) in [6.07, 6.45) is 1.15. The highest BCUT2D eigenvalue weighted by Gasteiger charge is 2.58. The second-order valence-corrected chi connectivity index (χ2v) is 6.39. The summed E-state index contributed by atoms with van der Waals surface area (Å²) in [5, 5.41) is 3.73. The minimum absolute atomic E-state index is 0.0710. The molecule has 0 radical (unpaired) electrons. The Kier molecular flexibility index (Phi) is 2.61. The summed E-state index contributed by atoms with van der Waals surface area (Å²) in [5.41, 5.74) is 0.337. The van der Waals surface area contributed by atoms with Gasteiger partial charge >= 0.3 is 0 Å². The van der Waals surface area contributed by atoms with Gasteiger partial charge in [-0.3, -0.25) is 0 Å². The first kappa shape index (κ1) is 10.8. The molecule has 1 saturated heterocycles. The largest absolute Gasteiger partial charge is 0.378 e. The molecular weight excluding hydrogens is 194 g/mol. The lowest BCUT2D eigenvalue weighted by Gasteiger charge is -2.60. The smallest absolute Gasteiger partial charge is 0.0731 e. The van der Waals surface area contributed by atoms with Crippen LogP contribution in [0.1, 0.15) is 27.2 Å². The van der Waals surface area contributed by atoms with E-state index in [-0.39, 0.29) is 11.0 Å². The van der Waals surface area contributed by atoms with E-state index in [1.807, 2.05) is 18.9 Å². The fraction of sp³-hybridized carbons (Fsp3) is 1.00. The number of methoxy groups -OCH3 is 1. The van der Waals surface area contributed by atoms with Crippen molar-refractivity contribution in [2.24, 2.45) is 5.41 Å². The number of ether oxygens (including phenoxy) is 1. The summed E-state index contributed by atoms with van der Waals surface area (Å²) < 4.78 is 5.61. The topological polar surface area (TPSA) is 21.3 Å². The lowest BCUT2D eigenvalue weighted by molar-refractivity contribution is -0.181. The van der Waals surface area contributed by atoms with E-state index in [0.29, 0.717) is 6.04 Å². The molecule has 1 aliphatic heterocycles. The van der Waals surface area contributed by atoms with Crippen LogP contribution in [0, 0.1) is 5.41 Å². The van der Waals surface area contributed by atoms with Gasteiger partial charge in [-0.15, -0.1) is 0 Å². The molecule has 82 valence electrons. The van der Waals surface area contributed by atoms with E-state index in [1.54, 1.807) is 0 Å². The average molecular weight is 215 g/mol. The Morgan fingerprint density at radius 1 is 1.29 bits per heavy atom. The van der Waals surface area contributed by atoms with Crippen LogP contribution in [0.25, 0.3) is 0 Å². The molecule has 0 aromatic rings. The first-order valence-corrected chi connectivity index (χ1v) is 6.54. The Morgan fingerprint density at radius 2 is 1.93 bits per heavy atom. The number of hydrogen-bond donors (Lipinski definition) is 1. The summed E-state index contributed by atoms with van der Waals surface area (Å²) in [4.78, 5) is 0. The van der Waals surface area contributed by atoms with Gasteiger partial charge in [0.15, 0.2) is 0 Å². The van der Waals surface area contributed by atoms with Crippen LogP contribution < -0.4 is 5.32 Å². The second kappa shape index (κ2) is 3.39. The van der Waals surface area contributed by atoms with E-state index in [2.05, 4.69) is 26.1 Å². The van der Waals surface area contributed by atoms with Crippen LogP contribution >= 0.6 is 11.8 Å². The van der Waals surface area contributed by atoms with E-state index >= 15 is 0 Å². The van der Waals surface area contributed by atoms with Gasteiger partial charge in [0.05, 0.1) is 5.60 Å². The van der Waals surface area contributed by atoms with Crippen molar-refractivity contribution in [2.45, 2.75) is 44.9 Å². The summed E-state index contributed by atoms with van der Waals surface area (Å²) in [6.45, 7) is 6.84. The Bertz CT molecular complexity index is 225. The van der Waals surface area contributed by atoms with Crippen LogP contribution in [-0.2, 0) is 4.74 Å². The average Bonchev–Trinajstić information content (AvgIpc) is 2.08. The molecule has 2 fully saturated rings. The third-order valence-electron chi connectivity index (χ3n) is 4.35. The number of rotatable bonds is 3. The summed E-state index contributed by atoms with van der Waals surface area (Å²) >= 11 is 2.03. The normalized spacial score (nSPS) is 41.6. The number of nitrogens with one attached hydrogen (secondary N) is 1. The Balaban J connectivity index is 1.91. The predicted molar refractivity (Wildman–Crippen MR) is 61.8 cm³/mol. The van der Waals surface area contributed by atoms with E-state index in [4.69, 9.17) is 4.74 Å². The number of hydrogen-bond acceptors (Lipinski definition) is 3. The highest BCUT2D eigenvalue weighted by Crippen LogP contribution is 2.51. The van der Waals surface area contributed by atoms with Crippen LogP contribution in [0.4, 0.5) is 0 Å². The van der Waals surface area contributed by atoms with Gasteiger partial charge < -0.3 is 10.1 Å². The molecule has 0 aromatic heterocycles. The fourth-order valence-corrected chi connectivity index (χ4v) is 3.04. The van der Waals surface area contributed by atoms with Crippen molar-refractivity contribution in [1.82, 2.24) is 5.32 Å². The van der Waals surface area contributed by atoms with E-state index < -0.39 is 0 Å². The van der Waals surface area contributed by atoms with Gasteiger partial charge in [0.1, 0.15) is 0 Å². The Hall–Kier alpha value is 0.270. The maximum Gasteiger partial charge on any atom is 0.0731 e. The van der Waals surface area contributed by atoms with Crippen LogP contribution in [0.15, 0.2) is 0 Å². The summed E-state index contributed by atoms with van der Waals surface area (Å²) in [6, 6.07) is 1.39. The molecule has 2 aliphatic rings. The number of thioether (sulfide) groups is 1. The first-order chi connectivity index (χ1) is 6.49. The molecule has 2 unspecified atom stereocenters. The van der Waals surface area contributed by atoms with Crippen LogP contribution in [0.2, 0.25) is 0 Å². The molecule has 14 heavy (non-hydrogen) atoms. The van der Waals surface area contributed by atoms with Gasteiger partial charge in [-0.25, -0.2) is 0 Å². The first-order valence-electron chi connectivity index (χ1n) is 5.38. The zero-order chi connectivity index (χ0) is 10.4. The van der Waals surface area contributed by atoms with Gasteiger partial charge in [-0.05, 0) is 13.3 Å². The molecule has 3 heteroatoms. The molecule has 0 aromatic carbocycles. The monoisotopic (exact) mass is 215 g/mol. The third kappa shape index (κ3) is 1.41. The quantitative estimate of drug-likeness (QED) is 0.777. The molecule has 1 heterocycles. The maximum atomic E-state index is 5.61. The van der Waals surface area contributed by atoms with Gasteiger partial charge in [0.2, 0.25) is 0 Å². The van der Waals surface area contributed by atoms with Crippen molar-refractivity contribution in [1.29, 1.82) is 0 Å². The van der Waals surface area contributed by atoms with Gasteiger partial charge in [-0.1, -0.05) is 13.8 Å². The standard InChI is InChI=1S/C11H21NOS/c1-10(2)9(5-11(10,3)13-4)12-8-6-14-7-8/h8-9,12H,5-7H2,1-4H3. The van der Waals surface area contributed by atoms with Gasteiger partial charge in [0, 0.05) is 36.1 Å². The Morgan fingerprint density at radius 3 is 2.29 bits per heavy atom. The molecule has 1 N–H and O–H groups in total. The summed E-state index contributed by atoms with van der Waals surface area (Å²) in [5.74, 6) is 2.58. The lowest BCUT2D eigenvalue weighted by Crippen LogP contribution is -2.70. The molecule has 2 atom stereocenters. The van der Waals surface area contributed by atoms with Crippen molar-refractivity contribution in [3.05, 3.63) is 0 Å². The van der Waals surface area contributed by atoms with Crippen molar-refractivity contribution in [3.8, 4) is 0 Å². The molecule has 0 bridgehead atoms. The van der Waals surface area contributed by atoms with Crippen molar-refractivity contribution in [3.63, 3.8) is 0 Å². The van der Waals surface area contributed by atoms with Gasteiger partial charge in [-0.2, -0.15) is 11.8 Å². The molecule has 1 aliphatic carbocycles. The third-order valence-corrected chi connectivity index (χ3v) is 5.63. The fourth-order valence-electron chi connectivity index (χ4n) is 2.38. The molecular formula is C11H21NOS. The predicted octanol–water partition coefficient (Wildman–Crippen LogP) is 1.90. The SMILES string of the molecule is COC1(C)CC(NC2CSC2)C1(C)C. The maximum absolute atomic E-state index is 5.61. The molecule has 0 amide bonds. The van der Waals surface area contributed by atoms with E-state index in [1.165, 1.54) is 11.5 Å². The van der Waals surface area contributed by atoms with Gasteiger partial charge in [0.25, 0.3) is 0 Å². The summed E-state index contributed by atoms with van der Waals surface area (Å²) in [7, 11) is 1.83. The van der Waals surface area contributed by atoms with Crippen molar-refractivity contribution < 1.29 is 4.74 Å². The molecule has 0 spiro atoms. The second-order valence-electron chi connectivity index (χ2n) is 5.31. The molecule has 2 rings (SSSR count). The van der Waals surface area contributed by atoms with E-state index in [9.17, 15) is 0 Å². The minimum atomic E-state index is 0.0710.